The van der Waals surface area contributed by atoms with Crippen molar-refractivity contribution in [3.63, 3.8) is 0 Å². The normalized spacial score (nSPS) is 12.0. The lowest BCUT2D eigenvalue weighted by molar-refractivity contribution is 0.0678. The minimum absolute atomic E-state index is 0.171. The van der Waals surface area contributed by atoms with Crippen LogP contribution in [-0.2, 0) is 0 Å². The smallest absolute Gasteiger partial charge is 0.266 e. The average Bonchev–Trinajstić information content (AvgIpc) is 2.86. The van der Waals surface area contributed by atoms with E-state index in [0.717, 1.165) is 29.7 Å². The van der Waals surface area contributed by atoms with Crippen LogP contribution in [0.1, 0.15) is 60.0 Å². The van der Waals surface area contributed by atoms with Gasteiger partial charge in [0.05, 0.1) is 22.6 Å². The van der Waals surface area contributed by atoms with Gasteiger partial charge in [0.1, 0.15) is 11.6 Å². The standard InChI is InChI=1S/C29H30FN3O2/c1-5-6-17-32(28(34)22-13-15-23(30)16-14-22)21(4)27-31-25-10-8-7-9-24(25)29(35)33(27)26-18-19(2)11-12-20(26)3/h7-16,18,21H,5-6,17H2,1-4H3. The molecule has 4 aromatic rings. The number of fused-ring (bicyclic) bond motifs is 1. The van der Waals surface area contributed by atoms with E-state index in [4.69, 9.17) is 4.98 Å². The summed E-state index contributed by atoms with van der Waals surface area (Å²) in [6.45, 7) is 8.39. The van der Waals surface area contributed by atoms with Gasteiger partial charge in [0.25, 0.3) is 11.5 Å². The van der Waals surface area contributed by atoms with Gasteiger partial charge in [0.15, 0.2) is 0 Å². The van der Waals surface area contributed by atoms with E-state index in [2.05, 4.69) is 6.92 Å². The van der Waals surface area contributed by atoms with Crippen molar-refractivity contribution in [2.75, 3.05) is 6.54 Å². The summed E-state index contributed by atoms with van der Waals surface area (Å²) in [5, 5.41) is 0.523. The maximum absolute atomic E-state index is 13.8. The molecule has 0 bridgehead atoms. The zero-order chi connectivity index (χ0) is 25.1. The molecule has 1 amide bonds. The van der Waals surface area contributed by atoms with Crippen LogP contribution in [0.4, 0.5) is 4.39 Å². The number of benzene rings is 3. The summed E-state index contributed by atoms with van der Waals surface area (Å²) < 4.78 is 15.2. The lowest BCUT2D eigenvalue weighted by atomic mass is 10.1. The van der Waals surface area contributed by atoms with Gasteiger partial charge in [-0.2, -0.15) is 0 Å². The van der Waals surface area contributed by atoms with E-state index in [9.17, 15) is 14.0 Å². The number of carbonyl (C=O) groups excluding carboxylic acids is 1. The van der Waals surface area contributed by atoms with E-state index >= 15 is 0 Å². The van der Waals surface area contributed by atoms with Crippen LogP contribution in [0.2, 0.25) is 0 Å². The summed E-state index contributed by atoms with van der Waals surface area (Å²) in [5.74, 6) is -0.121. The third kappa shape index (κ3) is 4.87. The van der Waals surface area contributed by atoms with Crippen molar-refractivity contribution >= 4 is 16.8 Å². The first-order valence-corrected chi connectivity index (χ1v) is 12.0. The van der Waals surface area contributed by atoms with E-state index in [1.54, 1.807) is 15.5 Å². The second-order valence-electron chi connectivity index (χ2n) is 8.95. The van der Waals surface area contributed by atoms with Gasteiger partial charge in [0, 0.05) is 12.1 Å². The predicted octanol–water partition coefficient (Wildman–Crippen LogP) is 6.15. The molecule has 0 aliphatic rings. The number of amides is 1. The molecule has 4 rings (SSSR count). The van der Waals surface area contributed by atoms with Crippen LogP contribution >= 0.6 is 0 Å². The number of carbonyl (C=O) groups is 1. The maximum Gasteiger partial charge on any atom is 0.266 e. The molecule has 0 N–H and O–H groups in total. The average molecular weight is 472 g/mol. The first kappa shape index (κ1) is 24.3. The summed E-state index contributed by atoms with van der Waals surface area (Å²) in [5.41, 5.74) is 3.53. The molecule has 6 heteroatoms. The maximum atomic E-state index is 13.8. The fourth-order valence-corrected chi connectivity index (χ4v) is 4.32. The van der Waals surface area contributed by atoms with E-state index < -0.39 is 11.9 Å². The number of unbranched alkanes of at least 4 members (excludes halogenated alkanes) is 1. The van der Waals surface area contributed by atoms with Crippen LogP contribution in [0.3, 0.4) is 0 Å². The highest BCUT2D eigenvalue weighted by atomic mass is 19.1. The second kappa shape index (κ2) is 10.2. The number of para-hydroxylation sites is 1. The number of nitrogens with zero attached hydrogens (tertiary/aromatic N) is 3. The van der Waals surface area contributed by atoms with Crippen molar-refractivity contribution in [3.05, 3.63) is 105 Å². The van der Waals surface area contributed by atoms with Crippen molar-refractivity contribution < 1.29 is 9.18 Å². The molecule has 0 aliphatic carbocycles. The lowest BCUT2D eigenvalue weighted by Crippen LogP contribution is -2.38. The molecule has 0 saturated carbocycles. The number of rotatable bonds is 7. The Morgan fingerprint density at radius 3 is 2.49 bits per heavy atom. The van der Waals surface area contributed by atoms with Gasteiger partial charge in [-0.1, -0.05) is 37.6 Å². The molecule has 0 radical (unpaired) electrons. The molecule has 0 spiro atoms. The minimum atomic E-state index is -0.503. The number of hydrogen-bond acceptors (Lipinski definition) is 3. The highest BCUT2D eigenvalue weighted by molar-refractivity contribution is 5.94. The molecule has 3 aromatic carbocycles. The molecular formula is C29H30FN3O2. The summed E-state index contributed by atoms with van der Waals surface area (Å²) in [6, 6.07) is 18.3. The fourth-order valence-electron chi connectivity index (χ4n) is 4.32. The Hall–Kier alpha value is -3.80. The third-order valence-corrected chi connectivity index (χ3v) is 6.35. The molecule has 0 aliphatic heterocycles. The Morgan fingerprint density at radius 1 is 1.06 bits per heavy atom. The van der Waals surface area contributed by atoms with Crippen LogP contribution in [0.25, 0.3) is 16.6 Å². The van der Waals surface area contributed by atoms with Gasteiger partial charge in [-0.25, -0.2) is 9.37 Å². The van der Waals surface area contributed by atoms with Crippen molar-refractivity contribution in [1.82, 2.24) is 14.5 Å². The first-order chi connectivity index (χ1) is 16.8. The minimum Gasteiger partial charge on any atom is -0.329 e. The summed E-state index contributed by atoms with van der Waals surface area (Å²) in [4.78, 5) is 34.0. The molecule has 1 heterocycles. The SMILES string of the molecule is CCCCN(C(=O)c1ccc(F)cc1)C(C)c1nc2ccccc2c(=O)n1-c1cc(C)ccc1C. The van der Waals surface area contributed by atoms with Crippen molar-refractivity contribution in [2.45, 2.75) is 46.6 Å². The van der Waals surface area contributed by atoms with Gasteiger partial charge in [0.2, 0.25) is 0 Å². The van der Waals surface area contributed by atoms with Gasteiger partial charge >= 0.3 is 0 Å². The monoisotopic (exact) mass is 471 g/mol. The van der Waals surface area contributed by atoms with Gasteiger partial charge < -0.3 is 4.90 Å². The molecule has 1 unspecified atom stereocenters. The van der Waals surface area contributed by atoms with Crippen molar-refractivity contribution in [1.29, 1.82) is 0 Å². The Balaban J connectivity index is 1.93. The summed E-state index contributed by atoms with van der Waals surface area (Å²) >= 11 is 0. The topological polar surface area (TPSA) is 55.2 Å². The first-order valence-electron chi connectivity index (χ1n) is 12.0. The van der Waals surface area contributed by atoms with Crippen LogP contribution < -0.4 is 5.56 Å². The third-order valence-electron chi connectivity index (χ3n) is 6.35. The quantitative estimate of drug-likeness (QED) is 0.325. The van der Waals surface area contributed by atoms with Gasteiger partial charge in [-0.15, -0.1) is 0 Å². The number of hydrogen-bond donors (Lipinski definition) is 0. The van der Waals surface area contributed by atoms with E-state index in [0.29, 0.717) is 28.8 Å². The molecule has 180 valence electrons. The highest BCUT2D eigenvalue weighted by Gasteiger charge is 2.27. The van der Waals surface area contributed by atoms with Crippen LogP contribution in [0.5, 0.6) is 0 Å². The number of halogens is 1. The molecule has 5 nitrogen and oxygen atoms in total. The fraction of sp³-hybridized carbons (Fsp3) is 0.276. The Bertz CT molecular complexity index is 1430. The molecule has 0 saturated heterocycles. The summed E-state index contributed by atoms with van der Waals surface area (Å²) in [7, 11) is 0. The number of aromatic nitrogens is 2. The van der Waals surface area contributed by atoms with Gasteiger partial charge in [-0.05, 0) is 80.8 Å². The number of aryl methyl sites for hydroxylation is 2. The van der Waals surface area contributed by atoms with Crippen molar-refractivity contribution in [3.8, 4) is 5.69 Å². The molecule has 1 atom stereocenters. The zero-order valence-electron chi connectivity index (χ0n) is 20.6. The molecular weight excluding hydrogens is 441 g/mol. The molecule has 1 aromatic heterocycles. The van der Waals surface area contributed by atoms with Crippen LogP contribution in [0, 0.1) is 19.7 Å². The second-order valence-corrected chi connectivity index (χ2v) is 8.95. The highest BCUT2D eigenvalue weighted by Crippen LogP contribution is 2.26. The molecule has 35 heavy (non-hydrogen) atoms. The van der Waals surface area contributed by atoms with E-state index in [1.165, 1.54) is 24.3 Å². The van der Waals surface area contributed by atoms with Crippen LogP contribution in [-0.4, -0.2) is 26.9 Å². The van der Waals surface area contributed by atoms with Gasteiger partial charge in [-0.3, -0.25) is 14.2 Å². The Labute approximate surface area is 204 Å². The van der Waals surface area contributed by atoms with E-state index in [1.807, 2.05) is 57.2 Å². The Kier molecular flexibility index (Phi) is 7.10. The van der Waals surface area contributed by atoms with Crippen molar-refractivity contribution in [2.24, 2.45) is 0 Å². The molecule has 0 fully saturated rings. The predicted molar refractivity (Wildman–Crippen MR) is 138 cm³/mol. The van der Waals surface area contributed by atoms with Crippen LogP contribution in [0.15, 0.2) is 71.5 Å². The summed E-state index contributed by atoms with van der Waals surface area (Å²) in [6.07, 6.45) is 1.69. The largest absolute Gasteiger partial charge is 0.329 e. The zero-order valence-corrected chi connectivity index (χ0v) is 20.6. The Morgan fingerprint density at radius 2 is 1.77 bits per heavy atom. The van der Waals surface area contributed by atoms with E-state index in [-0.39, 0.29) is 11.5 Å². The lowest BCUT2D eigenvalue weighted by Gasteiger charge is -2.31.